The van der Waals surface area contributed by atoms with E-state index in [0.717, 1.165) is 30.0 Å². The van der Waals surface area contributed by atoms with E-state index < -0.39 is 0 Å². The topological polar surface area (TPSA) is 49.3 Å². The third kappa shape index (κ3) is 6.04. The Kier molecular flexibility index (Phi) is 7.00. The third-order valence-corrected chi connectivity index (χ3v) is 4.85. The summed E-state index contributed by atoms with van der Waals surface area (Å²) in [5.41, 5.74) is 0. The summed E-state index contributed by atoms with van der Waals surface area (Å²) >= 11 is 1.72. The van der Waals surface area contributed by atoms with Crippen molar-refractivity contribution in [1.82, 2.24) is 15.6 Å². The van der Waals surface area contributed by atoms with Gasteiger partial charge in [-0.1, -0.05) is 32.1 Å². The van der Waals surface area contributed by atoms with Crippen molar-refractivity contribution >= 4 is 17.3 Å². The third-order valence-electron chi connectivity index (χ3n) is 3.96. The number of aliphatic imine (C=N–C) groups is 1. The molecule has 118 valence electrons. The van der Waals surface area contributed by atoms with Gasteiger partial charge in [0.2, 0.25) is 0 Å². The van der Waals surface area contributed by atoms with Crippen LogP contribution in [-0.2, 0) is 6.54 Å². The lowest BCUT2D eigenvalue weighted by atomic mass is 9.87. The SMILES string of the molecule is CCNC(=NCc1ncc(C)s1)NCCC1CCCCC1. The van der Waals surface area contributed by atoms with Crippen molar-refractivity contribution in [2.75, 3.05) is 13.1 Å². The quantitative estimate of drug-likeness (QED) is 0.625. The summed E-state index contributed by atoms with van der Waals surface area (Å²) in [6.45, 7) is 6.77. The second-order valence-electron chi connectivity index (χ2n) is 5.78. The average molecular weight is 308 g/mol. The Morgan fingerprint density at radius 2 is 2.14 bits per heavy atom. The van der Waals surface area contributed by atoms with Crippen LogP contribution in [-0.4, -0.2) is 24.0 Å². The molecule has 0 spiro atoms. The molecule has 1 fully saturated rings. The van der Waals surface area contributed by atoms with Gasteiger partial charge in [-0.15, -0.1) is 11.3 Å². The Balaban J connectivity index is 1.74. The van der Waals surface area contributed by atoms with Crippen molar-refractivity contribution in [1.29, 1.82) is 0 Å². The van der Waals surface area contributed by atoms with Crippen LogP contribution in [0.15, 0.2) is 11.2 Å². The maximum absolute atomic E-state index is 4.62. The van der Waals surface area contributed by atoms with Crippen LogP contribution in [0.25, 0.3) is 0 Å². The van der Waals surface area contributed by atoms with Gasteiger partial charge >= 0.3 is 0 Å². The number of nitrogens with one attached hydrogen (secondary N) is 2. The summed E-state index contributed by atoms with van der Waals surface area (Å²) in [4.78, 5) is 10.2. The normalized spacial score (nSPS) is 17.0. The molecule has 21 heavy (non-hydrogen) atoms. The van der Waals surface area contributed by atoms with E-state index in [1.165, 1.54) is 43.4 Å². The summed E-state index contributed by atoms with van der Waals surface area (Å²) in [5, 5.41) is 7.85. The van der Waals surface area contributed by atoms with Crippen LogP contribution in [0.4, 0.5) is 0 Å². The summed E-state index contributed by atoms with van der Waals surface area (Å²) < 4.78 is 0. The fourth-order valence-electron chi connectivity index (χ4n) is 2.83. The molecule has 1 aromatic rings. The lowest BCUT2D eigenvalue weighted by Crippen LogP contribution is -2.38. The Morgan fingerprint density at radius 1 is 1.33 bits per heavy atom. The highest BCUT2D eigenvalue weighted by Crippen LogP contribution is 2.25. The number of nitrogens with zero attached hydrogens (tertiary/aromatic N) is 2. The molecule has 2 N–H and O–H groups in total. The number of aromatic nitrogens is 1. The van der Waals surface area contributed by atoms with E-state index in [0.29, 0.717) is 6.54 Å². The second-order valence-corrected chi connectivity index (χ2v) is 7.10. The van der Waals surface area contributed by atoms with Crippen molar-refractivity contribution < 1.29 is 0 Å². The highest BCUT2D eigenvalue weighted by molar-refractivity contribution is 7.11. The lowest BCUT2D eigenvalue weighted by molar-refractivity contribution is 0.339. The van der Waals surface area contributed by atoms with Crippen molar-refractivity contribution in [2.24, 2.45) is 10.9 Å². The first-order chi connectivity index (χ1) is 10.3. The Morgan fingerprint density at radius 3 is 2.81 bits per heavy atom. The van der Waals surface area contributed by atoms with Crippen molar-refractivity contribution in [3.63, 3.8) is 0 Å². The first kappa shape index (κ1) is 16.3. The molecule has 5 heteroatoms. The molecular formula is C16H28N4S. The van der Waals surface area contributed by atoms with Gasteiger partial charge in [-0.2, -0.15) is 0 Å². The molecule has 1 aromatic heterocycles. The van der Waals surface area contributed by atoms with E-state index in [-0.39, 0.29) is 0 Å². The summed E-state index contributed by atoms with van der Waals surface area (Å²) in [5.74, 6) is 1.83. The van der Waals surface area contributed by atoms with Crippen molar-refractivity contribution in [3.05, 3.63) is 16.1 Å². The van der Waals surface area contributed by atoms with E-state index in [4.69, 9.17) is 0 Å². The maximum Gasteiger partial charge on any atom is 0.191 e. The monoisotopic (exact) mass is 308 g/mol. The number of rotatable bonds is 6. The molecule has 0 atom stereocenters. The first-order valence-corrected chi connectivity index (χ1v) is 9.03. The number of hydrogen-bond donors (Lipinski definition) is 2. The lowest BCUT2D eigenvalue weighted by Gasteiger charge is -2.22. The van der Waals surface area contributed by atoms with Crippen molar-refractivity contribution in [2.45, 2.75) is 58.9 Å². The second kappa shape index (κ2) is 9.03. The summed E-state index contributed by atoms with van der Waals surface area (Å²) in [7, 11) is 0. The largest absolute Gasteiger partial charge is 0.357 e. The van der Waals surface area contributed by atoms with E-state index in [1.54, 1.807) is 11.3 Å². The average Bonchev–Trinajstić information content (AvgIpc) is 2.91. The van der Waals surface area contributed by atoms with Crippen LogP contribution in [0, 0.1) is 12.8 Å². The predicted octanol–water partition coefficient (Wildman–Crippen LogP) is 3.48. The minimum Gasteiger partial charge on any atom is -0.357 e. The highest BCUT2D eigenvalue weighted by Gasteiger charge is 2.12. The van der Waals surface area contributed by atoms with Gasteiger partial charge in [0.05, 0.1) is 6.54 Å². The molecule has 1 saturated carbocycles. The van der Waals surface area contributed by atoms with Crippen molar-refractivity contribution in [3.8, 4) is 0 Å². The fourth-order valence-corrected chi connectivity index (χ4v) is 3.55. The molecule has 0 aliphatic heterocycles. The molecule has 0 unspecified atom stereocenters. The van der Waals surface area contributed by atoms with Crippen LogP contribution in [0.3, 0.4) is 0 Å². The molecule has 1 aliphatic carbocycles. The van der Waals surface area contributed by atoms with Crippen LogP contribution in [0.5, 0.6) is 0 Å². The van der Waals surface area contributed by atoms with E-state index in [2.05, 4.69) is 34.5 Å². The maximum atomic E-state index is 4.62. The van der Waals surface area contributed by atoms with Gasteiger partial charge in [-0.3, -0.25) is 0 Å². The van der Waals surface area contributed by atoms with Gasteiger partial charge in [0.25, 0.3) is 0 Å². The summed E-state index contributed by atoms with van der Waals surface area (Å²) in [6.07, 6.45) is 10.3. The standard InChI is InChI=1S/C16H28N4S/c1-3-17-16(20-12-15-19-11-13(2)21-15)18-10-9-14-7-5-4-6-8-14/h11,14H,3-10,12H2,1-2H3,(H2,17,18,20). The Labute approximate surface area is 132 Å². The Bertz CT molecular complexity index is 435. The van der Waals surface area contributed by atoms with Gasteiger partial charge in [0.1, 0.15) is 5.01 Å². The van der Waals surface area contributed by atoms with Crippen LogP contribution in [0.1, 0.15) is 55.3 Å². The molecule has 0 aromatic carbocycles. The first-order valence-electron chi connectivity index (χ1n) is 8.21. The van der Waals surface area contributed by atoms with E-state index in [9.17, 15) is 0 Å². The molecule has 2 rings (SSSR count). The smallest absolute Gasteiger partial charge is 0.191 e. The molecule has 4 nitrogen and oxygen atoms in total. The van der Waals surface area contributed by atoms with Gasteiger partial charge in [-0.05, 0) is 26.2 Å². The van der Waals surface area contributed by atoms with Crippen LogP contribution < -0.4 is 10.6 Å². The minimum absolute atomic E-state index is 0.664. The Hall–Kier alpha value is -1.10. The van der Waals surface area contributed by atoms with Crippen LogP contribution >= 0.6 is 11.3 Å². The molecule has 0 saturated heterocycles. The zero-order valence-corrected chi connectivity index (χ0v) is 14.1. The molecule has 0 amide bonds. The highest BCUT2D eigenvalue weighted by atomic mass is 32.1. The minimum atomic E-state index is 0.664. The van der Waals surface area contributed by atoms with Gasteiger partial charge in [0.15, 0.2) is 5.96 Å². The van der Waals surface area contributed by atoms with Crippen LogP contribution in [0.2, 0.25) is 0 Å². The number of guanidine groups is 1. The molecule has 1 aliphatic rings. The molecule has 0 bridgehead atoms. The molecular weight excluding hydrogens is 280 g/mol. The molecule has 1 heterocycles. The summed E-state index contributed by atoms with van der Waals surface area (Å²) in [6, 6.07) is 0. The zero-order valence-electron chi connectivity index (χ0n) is 13.3. The number of aryl methyl sites for hydroxylation is 1. The molecule has 0 radical (unpaired) electrons. The van der Waals surface area contributed by atoms with E-state index >= 15 is 0 Å². The number of hydrogen-bond acceptors (Lipinski definition) is 3. The van der Waals surface area contributed by atoms with Gasteiger partial charge in [-0.25, -0.2) is 9.98 Å². The number of thiazole rings is 1. The van der Waals surface area contributed by atoms with Gasteiger partial charge in [0, 0.05) is 24.2 Å². The predicted molar refractivity (Wildman–Crippen MR) is 90.9 cm³/mol. The zero-order chi connectivity index (χ0) is 14.9. The van der Waals surface area contributed by atoms with Gasteiger partial charge < -0.3 is 10.6 Å². The van der Waals surface area contributed by atoms with E-state index in [1.807, 2.05) is 6.20 Å². The fraction of sp³-hybridized carbons (Fsp3) is 0.750.